The fourth-order valence-electron chi connectivity index (χ4n) is 4.43. The summed E-state index contributed by atoms with van der Waals surface area (Å²) in [5, 5.41) is 57.1. The summed E-state index contributed by atoms with van der Waals surface area (Å²) in [4.78, 5) is 0. The highest BCUT2D eigenvalue weighted by molar-refractivity contribution is 6.32. The monoisotopic (exact) mass is 520 g/mol. The molecule has 38 heavy (non-hydrogen) atoms. The van der Waals surface area contributed by atoms with Crippen LogP contribution in [0.3, 0.4) is 0 Å². The molecular weight excluding hydrogens is 500 g/mol. The van der Waals surface area contributed by atoms with Crippen LogP contribution in [0.2, 0.25) is 0 Å². The van der Waals surface area contributed by atoms with Crippen molar-refractivity contribution in [2.24, 2.45) is 5.92 Å². The van der Waals surface area contributed by atoms with Gasteiger partial charge in [-0.15, -0.1) is 5.73 Å². The second-order valence-electron chi connectivity index (χ2n) is 9.60. The molecule has 9 heteroatoms. The Balaban J connectivity index is 2.17. The summed E-state index contributed by atoms with van der Waals surface area (Å²) in [6.45, 7) is 6.93. The van der Waals surface area contributed by atoms with Gasteiger partial charge in [0, 0.05) is 11.1 Å². The molecule has 0 bridgehead atoms. The van der Waals surface area contributed by atoms with E-state index >= 15 is 0 Å². The molecule has 0 unspecified atom stereocenters. The van der Waals surface area contributed by atoms with E-state index in [0.29, 0.717) is 34.6 Å². The van der Waals surface area contributed by atoms with E-state index in [2.05, 4.69) is 11.8 Å². The maximum absolute atomic E-state index is 9.81. The van der Waals surface area contributed by atoms with E-state index in [1.807, 2.05) is 18.2 Å². The van der Waals surface area contributed by atoms with Crippen LogP contribution in [0.5, 0.6) is 0 Å². The normalized spacial score (nSPS) is 19.6. The summed E-state index contributed by atoms with van der Waals surface area (Å²) in [6.07, 6.45) is 5.46. The van der Waals surface area contributed by atoms with Gasteiger partial charge in [-0.2, -0.15) is 31.6 Å². The third-order valence-corrected chi connectivity index (χ3v) is 6.78. The predicted molar refractivity (Wildman–Crippen MR) is 135 cm³/mol. The minimum absolute atomic E-state index is 0.0130. The molecule has 0 aromatic carbocycles. The van der Waals surface area contributed by atoms with Crippen LogP contribution in [0.25, 0.3) is 0 Å². The number of nitrogens with zero attached hydrogens (tertiary/aromatic N) is 6. The van der Waals surface area contributed by atoms with Crippen molar-refractivity contribution in [3.8, 4) is 36.4 Å². The van der Waals surface area contributed by atoms with Crippen LogP contribution in [0.15, 0.2) is 73.4 Å². The second-order valence-corrected chi connectivity index (χ2v) is 9.98. The van der Waals surface area contributed by atoms with Gasteiger partial charge in [0.1, 0.15) is 52.4 Å². The lowest BCUT2D eigenvalue weighted by Gasteiger charge is -2.22. The summed E-state index contributed by atoms with van der Waals surface area (Å²) >= 11 is 6.78. The standard InChI is InChI=1S/C29H21ClN6O2/c1-28(2)23(21(15-35)26(37-28)19(11-31)12-32)9-8-17-6-5-7-18(25(17)30)10-24-22(16-36)27(20(13-33)14-34)38-29(24,3)4/h8-9,20H,5-7H2,1-4H3. The van der Waals surface area contributed by atoms with Crippen molar-refractivity contribution in [2.45, 2.75) is 58.2 Å². The highest BCUT2D eigenvalue weighted by Crippen LogP contribution is 2.43. The quantitative estimate of drug-likeness (QED) is 0.330. The Labute approximate surface area is 226 Å². The molecule has 0 N–H and O–H groups in total. The van der Waals surface area contributed by atoms with Crippen LogP contribution in [0, 0.1) is 73.9 Å². The number of allylic oxidation sites excluding steroid dienone is 6. The predicted octanol–water partition coefficient (Wildman–Crippen LogP) is 5.85. The maximum atomic E-state index is 9.81. The van der Waals surface area contributed by atoms with Crippen molar-refractivity contribution in [2.75, 3.05) is 0 Å². The Hall–Kier alpha value is -4.95. The number of rotatable bonds is 3. The molecular formula is C29H21ClN6O2. The van der Waals surface area contributed by atoms with Gasteiger partial charge in [-0.25, -0.2) is 0 Å². The van der Waals surface area contributed by atoms with Gasteiger partial charge in [-0.3, -0.25) is 0 Å². The van der Waals surface area contributed by atoms with Gasteiger partial charge in [-0.05, 0) is 52.5 Å². The molecule has 3 aliphatic rings. The van der Waals surface area contributed by atoms with Crippen LogP contribution in [-0.2, 0) is 9.47 Å². The molecule has 0 aromatic heterocycles. The minimum atomic E-state index is -1.22. The zero-order chi connectivity index (χ0) is 28.3. The number of ether oxygens (including phenoxy) is 2. The Morgan fingerprint density at radius 1 is 0.868 bits per heavy atom. The summed E-state index contributed by atoms with van der Waals surface area (Å²) in [6, 6.07) is 11.3. The van der Waals surface area contributed by atoms with E-state index in [0.717, 1.165) is 12.0 Å². The van der Waals surface area contributed by atoms with E-state index < -0.39 is 17.1 Å². The maximum Gasteiger partial charge on any atom is 0.191 e. The van der Waals surface area contributed by atoms with E-state index in [4.69, 9.17) is 21.1 Å². The highest BCUT2D eigenvalue weighted by Gasteiger charge is 2.42. The van der Waals surface area contributed by atoms with Crippen molar-refractivity contribution in [3.63, 3.8) is 0 Å². The molecule has 0 aromatic rings. The summed E-state index contributed by atoms with van der Waals surface area (Å²) < 4.78 is 11.6. The Kier molecular flexibility index (Phi) is 7.69. The summed E-state index contributed by atoms with van der Waals surface area (Å²) in [5.74, 6) is -1.25. The average molecular weight is 521 g/mol. The SMILES string of the molecule is CC1(C)OC(C(C#N)C#N)=C(C#N)C1=C=C1CCCC(C=CC2=C(C#N)C(=C(C#N)C#N)OC2(C)C)=C1Cl. The Morgan fingerprint density at radius 3 is 2.05 bits per heavy atom. The van der Waals surface area contributed by atoms with Crippen molar-refractivity contribution in [1.82, 2.24) is 0 Å². The zero-order valence-corrected chi connectivity index (χ0v) is 22.0. The number of nitriles is 6. The summed E-state index contributed by atoms with van der Waals surface area (Å²) in [5.41, 5.74) is 3.57. The molecule has 0 saturated heterocycles. The van der Waals surface area contributed by atoms with Crippen molar-refractivity contribution in [1.29, 1.82) is 31.6 Å². The molecule has 0 atom stereocenters. The lowest BCUT2D eigenvalue weighted by molar-refractivity contribution is 0.0806. The average Bonchev–Trinajstić information content (AvgIpc) is 3.28. The molecule has 0 spiro atoms. The van der Waals surface area contributed by atoms with Crippen LogP contribution in [-0.4, -0.2) is 11.2 Å². The van der Waals surface area contributed by atoms with E-state index in [1.54, 1.807) is 52.0 Å². The molecule has 2 aliphatic heterocycles. The number of halogens is 1. The third kappa shape index (κ3) is 4.85. The zero-order valence-electron chi connectivity index (χ0n) is 21.2. The number of hydrogen-bond acceptors (Lipinski definition) is 8. The van der Waals surface area contributed by atoms with Crippen LogP contribution < -0.4 is 0 Å². The molecule has 8 nitrogen and oxygen atoms in total. The molecule has 0 saturated carbocycles. The second kappa shape index (κ2) is 10.6. The minimum Gasteiger partial charge on any atom is -0.483 e. The number of hydrogen-bond donors (Lipinski definition) is 0. The van der Waals surface area contributed by atoms with E-state index in [-0.39, 0.29) is 28.2 Å². The van der Waals surface area contributed by atoms with Gasteiger partial charge in [0.15, 0.2) is 17.3 Å². The van der Waals surface area contributed by atoms with Gasteiger partial charge in [-0.1, -0.05) is 23.8 Å². The van der Waals surface area contributed by atoms with Crippen molar-refractivity contribution < 1.29 is 9.47 Å². The Bertz CT molecular complexity index is 1570. The first kappa shape index (κ1) is 27.6. The molecule has 186 valence electrons. The van der Waals surface area contributed by atoms with Crippen molar-refractivity contribution in [3.05, 3.63) is 73.4 Å². The smallest absolute Gasteiger partial charge is 0.191 e. The largest absolute Gasteiger partial charge is 0.483 e. The van der Waals surface area contributed by atoms with E-state index in [1.165, 1.54) is 0 Å². The molecule has 0 fully saturated rings. The first-order valence-corrected chi connectivity index (χ1v) is 12.0. The van der Waals surface area contributed by atoms with Crippen LogP contribution >= 0.6 is 11.6 Å². The lowest BCUT2D eigenvalue weighted by Crippen LogP contribution is -2.22. The highest BCUT2D eigenvalue weighted by atomic mass is 35.5. The topological polar surface area (TPSA) is 161 Å². The Morgan fingerprint density at radius 2 is 1.50 bits per heavy atom. The molecule has 2 heterocycles. The van der Waals surface area contributed by atoms with Crippen molar-refractivity contribution >= 4 is 11.6 Å². The molecule has 0 amide bonds. The van der Waals surface area contributed by atoms with Gasteiger partial charge < -0.3 is 9.47 Å². The fourth-order valence-corrected chi connectivity index (χ4v) is 4.73. The molecule has 3 rings (SSSR count). The van der Waals surface area contributed by atoms with Gasteiger partial charge >= 0.3 is 0 Å². The van der Waals surface area contributed by atoms with Crippen LogP contribution in [0.1, 0.15) is 47.0 Å². The molecule has 0 radical (unpaired) electrons. The van der Waals surface area contributed by atoms with E-state index in [9.17, 15) is 31.6 Å². The molecule has 1 aliphatic carbocycles. The first-order valence-electron chi connectivity index (χ1n) is 11.6. The summed E-state index contributed by atoms with van der Waals surface area (Å²) in [7, 11) is 0. The third-order valence-electron chi connectivity index (χ3n) is 6.31. The van der Waals surface area contributed by atoms with Gasteiger partial charge in [0.2, 0.25) is 0 Å². The van der Waals surface area contributed by atoms with Gasteiger partial charge in [0.05, 0.1) is 22.7 Å². The lowest BCUT2D eigenvalue weighted by atomic mass is 9.89. The fraction of sp³-hybridized carbons (Fsp3) is 0.345. The van der Waals surface area contributed by atoms with Gasteiger partial charge in [0.25, 0.3) is 0 Å². The van der Waals surface area contributed by atoms with Crippen LogP contribution in [0.4, 0.5) is 0 Å². The first-order chi connectivity index (χ1) is 18.0.